The van der Waals surface area contributed by atoms with Gasteiger partial charge in [0.2, 0.25) is 5.91 Å². The Morgan fingerprint density at radius 3 is 3.00 bits per heavy atom. The molecule has 1 aromatic rings. The third-order valence-electron chi connectivity index (χ3n) is 1.84. The van der Waals surface area contributed by atoms with Crippen molar-refractivity contribution in [2.75, 3.05) is 6.54 Å². The van der Waals surface area contributed by atoms with E-state index in [9.17, 15) is 4.79 Å². The minimum atomic E-state index is 0.00570. The zero-order chi connectivity index (χ0) is 11.1. The Morgan fingerprint density at radius 1 is 1.53 bits per heavy atom. The summed E-state index contributed by atoms with van der Waals surface area (Å²) in [5, 5.41) is 3.46. The van der Waals surface area contributed by atoms with Crippen molar-refractivity contribution in [1.82, 2.24) is 5.32 Å². The first-order valence-electron chi connectivity index (χ1n) is 4.85. The molecule has 0 bridgehead atoms. The van der Waals surface area contributed by atoms with Crippen LogP contribution in [-0.4, -0.2) is 12.5 Å². The number of hydrogen-bond acceptors (Lipinski definition) is 1. The first-order valence-corrected chi connectivity index (χ1v) is 5.23. The topological polar surface area (TPSA) is 29.1 Å². The van der Waals surface area contributed by atoms with Gasteiger partial charge >= 0.3 is 0 Å². The maximum atomic E-state index is 10.6. The molecular weight excluding hydrogens is 210 g/mol. The maximum Gasteiger partial charge on any atom is 0.216 e. The molecule has 0 aliphatic carbocycles. The summed E-state index contributed by atoms with van der Waals surface area (Å²) in [6, 6.07) is 7.64. The molecule has 0 fully saturated rings. The molecule has 0 saturated heterocycles. The van der Waals surface area contributed by atoms with E-state index in [1.54, 1.807) is 0 Å². The largest absolute Gasteiger partial charge is 0.356 e. The fraction of sp³-hybridized carbons (Fsp3) is 0.250. The summed E-state index contributed by atoms with van der Waals surface area (Å²) in [5.41, 5.74) is 1.07. The van der Waals surface area contributed by atoms with Gasteiger partial charge in [-0.15, -0.1) is 0 Å². The highest BCUT2D eigenvalue weighted by atomic mass is 35.5. The lowest BCUT2D eigenvalue weighted by molar-refractivity contribution is -0.118. The second kappa shape index (κ2) is 6.25. The number of halogens is 1. The smallest absolute Gasteiger partial charge is 0.216 e. The summed E-state index contributed by atoms with van der Waals surface area (Å²) in [6.07, 6.45) is 4.83. The van der Waals surface area contributed by atoms with E-state index in [2.05, 4.69) is 5.32 Å². The van der Waals surface area contributed by atoms with Crippen molar-refractivity contribution in [1.29, 1.82) is 0 Å². The highest BCUT2D eigenvalue weighted by molar-refractivity contribution is 6.30. The summed E-state index contributed by atoms with van der Waals surface area (Å²) >= 11 is 5.84. The average Bonchev–Trinajstić information content (AvgIpc) is 2.17. The van der Waals surface area contributed by atoms with Gasteiger partial charge in [0.15, 0.2) is 0 Å². The molecule has 0 saturated carbocycles. The van der Waals surface area contributed by atoms with Gasteiger partial charge in [-0.3, -0.25) is 4.79 Å². The predicted octanol–water partition coefficient (Wildman–Crippen LogP) is 2.88. The molecule has 1 aromatic carbocycles. The Balaban J connectivity index is 2.35. The van der Waals surface area contributed by atoms with Crippen LogP contribution in [0.2, 0.25) is 5.02 Å². The molecule has 0 aliphatic rings. The molecule has 3 heteroatoms. The number of amides is 1. The standard InChI is InChI=1S/C12H14ClNO/c1-10(15)14-8-3-2-5-11-6-4-7-12(13)9-11/h2,4-7,9H,3,8H2,1H3,(H,14,15). The fourth-order valence-corrected chi connectivity index (χ4v) is 1.36. The molecule has 15 heavy (non-hydrogen) atoms. The van der Waals surface area contributed by atoms with Gasteiger partial charge in [-0.1, -0.05) is 35.9 Å². The van der Waals surface area contributed by atoms with Crippen LogP contribution in [0.5, 0.6) is 0 Å². The zero-order valence-electron chi connectivity index (χ0n) is 8.66. The molecule has 0 atom stereocenters. The normalized spacial score (nSPS) is 10.5. The quantitative estimate of drug-likeness (QED) is 0.782. The van der Waals surface area contributed by atoms with Gasteiger partial charge in [0.1, 0.15) is 0 Å². The van der Waals surface area contributed by atoms with Gasteiger partial charge in [0.25, 0.3) is 0 Å². The number of benzene rings is 1. The lowest BCUT2D eigenvalue weighted by Crippen LogP contribution is -2.20. The van der Waals surface area contributed by atoms with Crippen LogP contribution in [0.25, 0.3) is 6.08 Å². The van der Waals surface area contributed by atoms with E-state index in [0.29, 0.717) is 6.54 Å². The summed E-state index contributed by atoms with van der Waals surface area (Å²) in [6.45, 7) is 2.19. The summed E-state index contributed by atoms with van der Waals surface area (Å²) in [7, 11) is 0. The number of rotatable bonds is 4. The SMILES string of the molecule is CC(=O)NCCC=Cc1cccc(Cl)c1. The third kappa shape index (κ3) is 5.23. The molecule has 1 N–H and O–H groups in total. The number of carbonyl (C=O) groups is 1. The summed E-state index contributed by atoms with van der Waals surface area (Å²) in [5.74, 6) is 0.00570. The molecular formula is C12H14ClNO. The Morgan fingerprint density at radius 2 is 2.33 bits per heavy atom. The Kier molecular flexibility index (Phi) is 4.91. The Hall–Kier alpha value is -1.28. The molecule has 0 unspecified atom stereocenters. The Bertz CT molecular complexity index is 360. The molecule has 0 heterocycles. The van der Waals surface area contributed by atoms with E-state index in [1.165, 1.54) is 6.92 Å². The van der Waals surface area contributed by atoms with Crippen LogP contribution in [0.1, 0.15) is 18.9 Å². The van der Waals surface area contributed by atoms with Crippen molar-refractivity contribution in [3.05, 3.63) is 40.9 Å². The molecule has 1 amide bonds. The molecule has 0 aromatic heterocycles. The minimum absolute atomic E-state index is 0.00570. The van der Waals surface area contributed by atoms with Crippen LogP contribution in [0.4, 0.5) is 0 Å². The fourth-order valence-electron chi connectivity index (χ4n) is 1.16. The highest BCUT2D eigenvalue weighted by Gasteiger charge is 1.89. The number of carbonyl (C=O) groups excluding carboxylic acids is 1. The van der Waals surface area contributed by atoms with Gasteiger partial charge in [0.05, 0.1) is 0 Å². The molecule has 0 aliphatic heterocycles. The van der Waals surface area contributed by atoms with Crippen molar-refractivity contribution < 1.29 is 4.79 Å². The van der Waals surface area contributed by atoms with E-state index < -0.39 is 0 Å². The van der Waals surface area contributed by atoms with Crippen molar-refractivity contribution in [3.63, 3.8) is 0 Å². The van der Waals surface area contributed by atoms with Crippen molar-refractivity contribution in [2.24, 2.45) is 0 Å². The van der Waals surface area contributed by atoms with Crippen molar-refractivity contribution >= 4 is 23.6 Å². The zero-order valence-corrected chi connectivity index (χ0v) is 9.42. The van der Waals surface area contributed by atoms with Crippen LogP contribution in [0.15, 0.2) is 30.3 Å². The number of hydrogen-bond donors (Lipinski definition) is 1. The lowest BCUT2D eigenvalue weighted by Gasteiger charge is -1.97. The van der Waals surface area contributed by atoms with Crippen LogP contribution < -0.4 is 5.32 Å². The van der Waals surface area contributed by atoms with Crippen molar-refractivity contribution in [3.8, 4) is 0 Å². The summed E-state index contributed by atoms with van der Waals surface area (Å²) < 4.78 is 0. The molecule has 2 nitrogen and oxygen atoms in total. The second-order valence-electron chi connectivity index (χ2n) is 3.23. The summed E-state index contributed by atoms with van der Waals surface area (Å²) in [4.78, 5) is 10.6. The van der Waals surface area contributed by atoms with Crippen LogP contribution in [-0.2, 0) is 4.79 Å². The van der Waals surface area contributed by atoms with E-state index in [0.717, 1.165) is 17.0 Å². The van der Waals surface area contributed by atoms with E-state index >= 15 is 0 Å². The lowest BCUT2D eigenvalue weighted by atomic mass is 10.2. The van der Waals surface area contributed by atoms with E-state index in [-0.39, 0.29) is 5.91 Å². The van der Waals surface area contributed by atoms with Crippen LogP contribution >= 0.6 is 11.6 Å². The van der Waals surface area contributed by atoms with Crippen molar-refractivity contribution in [2.45, 2.75) is 13.3 Å². The first-order chi connectivity index (χ1) is 7.18. The van der Waals surface area contributed by atoms with Crippen LogP contribution in [0.3, 0.4) is 0 Å². The number of nitrogens with one attached hydrogen (secondary N) is 1. The predicted molar refractivity (Wildman–Crippen MR) is 63.8 cm³/mol. The van der Waals surface area contributed by atoms with Gasteiger partial charge in [-0.2, -0.15) is 0 Å². The minimum Gasteiger partial charge on any atom is -0.356 e. The van der Waals surface area contributed by atoms with Gasteiger partial charge in [0, 0.05) is 18.5 Å². The average molecular weight is 224 g/mol. The Labute approximate surface area is 94.9 Å². The molecule has 1 rings (SSSR count). The third-order valence-corrected chi connectivity index (χ3v) is 2.08. The van der Waals surface area contributed by atoms with Crippen LogP contribution in [0, 0.1) is 0 Å². The highest BCUT2D eigenvalue weighted by Crippen LogP contribution is 2.11. The molecule has 0 spiro atoms. The monoisotopic (exact) mass is 223 g/mol. The van der Waals surface area contributed by atoms with Gasteiger partial charge in [-0.05, 0) is 24.1 Å². The first kappa shape index (κ1) is 11.8. The molecule has 0 radical (unpaired) electrons. The van der Waals surface area contributed by atoms with Gasteiger partial charge in [-0.25, -0.2) is 0 Å². The van der Waals surface area contributed by atoms with E-state index in [4.69, 9.17) is 11.6 Å². The van der Waals surface area contributed by atoms with E-state index in [1.807, 2.05) is 36.4 Å². The second-order valence-corrected chi connectivity index (χ2v) is 3.67. The van der Waals surface area contributed by atoms with Gasteiger partial charge < -0.3 is 5.32 Å². The molecule has 80 valence electrons. The maximum absolute atomic E-state index is 10.6.